The van der Waals surface area contributed by atoms with Crippen LogP contribution >= 0.6 is 0 Å². The van der Waals surface area contributed by atoms with Crippen molar-refractivity contribution in [1.29, 1.82) is 0 Å². The summed E-state index contributed by atoms with van der Waals surface area (Å²) < 4.78 is 24.3. The van der Waals surface area contributed by atoms with E-state index in [9.17, 15) is 13.2 Å². The largest absolute Gasteiger partial charge is 0.399 e. The van der Waals surface area contributed by atoms with Crippen molar-refractivity contribution in [3.05, 3.63) is 18.2 Å². The van der Waals surface area contributed by atoms with E-state index in [-0.39, 0.29) is 22.2 Å². The lowest BCUT2D eigenvalue weighted by atomic mass is 9.95. The Labute approximate surface area is 99.9 Å². The van der Waals surface area contributed by atoms with Crippen molar-refractivity contribution in [2.24, 2.45) is 5.41 Å². The number of nitrogen functional groups attached to an aromatic ring is 1. The number of anilines is 2. The average Bonchev–Trinajstić information content (AvgIpc) is 2.20. The van der Waals surface area contributed by atoms with Gasteiger partial charge in [-0.2, -0.15) is 0 Å². The van der Waals surface area contributed by atoms with Gasteiger partial charge in [0.25, 0.3) is 0 Å². The van der Waals surface area contributed by atoms with Gasteiger partial charge in [-0.1, -0.05) is 13.8 Å². The van der Waals surface area contributed by atoms with Crippen molar-refractivity contribution < 1.29 is 13.2 Å². The first kappa shape index (κ1) is 11.9. The number of sulfone groups is 1. The molecule has 1 aromatic carbocycles. The molecule has 6 heteroatoms. The first-order valence-electron chi connectivity index (χ1n) is 5.16. The van der Waals surface area contributed by atoms with Crippen LogP contribution in [0.4, 0.5) is 11.4 Å². The number of benzene rings is 1. The molecule has 0 unspecified atom stereocenters. The predicted molar refractivity (Wildman–Crippen MR) is 65.3 cm³/mol. The number of nitrogens with two attached hydrogens (primary N) is 1. The van der Waals surface area contributed by atoms with Gasteiger partial charge in [-0.05, 0) is 18.2 Å². The molecule has 0 fully saturated rings. The quantitative estimate of drug-likeness (QED) is 0.676. The maximum atomic E-state index is 12.1. The summed E-state index contributed by atoms with van der Waals surface area (Å²) >= 11 is 0. The molecule has 0 saturated carbocycles. The first-order valence-corrected chi connectivity index (χ1v) is 6.81. The van der Waals surface area contributed by atoms with E-state index in [1.165, 1.54) is 18.2 Å². The Kier molecular flexibility index (Phi) is 2.43. The standard InChI is InChI=1S/C11H14N2O3S/c1-11(2)6-17(15,16)9-4-3-7(12)5-8(9)13-10(11)14/h3-5H,6,12H2,1-2H3,(H,13,14). The maximum Gasteiger partial charge on any atom is 0.231 e. The second-order valence-corrected chi connectivity index (χ2v) is 6.81. The number of carbonyl (C=O) groups is 1. The Morgan fingerprint density at radius 1 is 1.35 bits per heavy atom. The van der Waals surface area contributed by atoms with Gasteiger partial charge < -0.3 is 11.1 Å². The SMILES string of the molecule is CC1(C)CS(=O)(=O)c2ccc(N)cc2NC1=O. The zero-order chi connectivity index (χ0) is 12.8. The zero-order valence-corrected chi connectivity index (χ0v) is 10.5. The third kappa shape index (κ3) is 2.00. The minimum absolute atomic E-state index is 0.130. The molecule has 1 aliphatic rings. The molecular weight excluding hydrogens is 240 g/mol. The molecule has 1 aliphatic heterocycles. The van der Waals surface area contributed by atoms with Crippen molar-refractivity contribution in [1.82, 2.24) is 0 Å². The lowest BCUT2D eigenvalue weighted by Crippen LogP contribution is -2.34. The van der Waals surface area contributed by atoms with Crippen LogP contribution < -0.4 is 11.1 Å². The molecule has 92 valence electrons. The molecule has 0 spiro atoms. The van der Waals surface area contributed by atoms with E-state index < -0.39 is 15.3 Å². The lowest BCUT2D eigenvalue weighted by molar-refractivity contribution is -0.122. The summed E-state index contributed by atoms with van der Waals surface area (Å²) in [6.45, 7) is 3.21. The van der Waals surface area contributed by atoms with Crippen LogP contribution in [0.2, 0.25) is 0 Å². The average molecular weight is 254 g/mol. The van der Waals surface area contributed by atoms with E-state index in [4.69, 9.17) is 5.73 Å². The summed E-state index contributed by atoms with van der Waals surface area (Å²) in [5, 5.41) is 2.61. The summed E-state index contributed by atoms with van der Waals surface area (Å²) in [5.41, 5.74) is 5.32. The molecule has 1 heterocycles. The van der Waals surface area contributed by atoms with Gasteiger partial charge in [-0.3, -0.25) is 4.79 Å². The van der Waals surface area contributed by atoms with E-state index in [1.807, 2.05) is 0 Å². The summed E-state index contributed by atoms with van der Waals surface area (Å²) in [4.78, 5) is 12.0. The molecule has 0 bridgehead atoms. The minimum Gasteiger partial charge on any atom is -0.399 e. The highest BCUT2D eigenvalue weighted by Gasteiger charge is 2.38. The zero-order valence-electron chi connectivity index (χ0n) is 9.65. The van der Waals surface area contributed by atoms with Crippen LogP contribution in [-0.4, -0.2) is 20.1 Å². The van der Waals surface area contributed by atoms with Gasteiger partial charge >= 0.3 is 0 Å². The Morgan fingerprint density at radius 3 is 2.65 bits per heavy atom. The van der Waals surface area contributed by atoms with E-state index >= 15 is 0 Å². The summed E-state index contributed by atoms with van der Waals surface area (Å²) in [5.74, 6) is -0.520. The van der Waals surface area contributed by atoms with Crippen LogP contribution in [0.1, 0.15) is 13.8 Å². The molecule has 17 heavy (non-hydrogen) atoms. The van der Waals surface area contributed by atoms with Crippen molar-refractivity contribution in [3.63, 3.8) is 0 Å². The molecule has 0 aromatic heterocycles. The van der Waals surface area contributed by atoms with Gasteiger partial charge in [-0.15, -0.1) is 0 Å². The van der Waals surface area contributed by atoms with Gasteiger partial charge in [0.15, 0.2) is 9.84 Å². The summed E-state index contributed by atoms with van der Waals surface area (Å²) in [7, 11) is -3.47. The molecule has 0 aliphatic carbocycles. The van der Waals surface area contributed by atoms with Crippen molar-refractivity contribution in [2.75, 3.05) is 16.8 Å². The first-order chi connectivity index (χ1) is 7.72. The molecule has 3 N–H and O–H groups in total. The number of amides is 1. The monoisotopic (exact) mass is 254 g/mol. The normalized spacial score (nSPS) is 21.2. The van der Waals surface area contributed by atoms with Crippen molar-refractivity contribution in [3.8, 4) is 0 Å². The maximum absolute atomic E-state index is 12.1. The lowest BCUT2D eigenvalue weighted by Gasteiger charge is -2.18. The third-order valence-corrected chi connectivity index (χ3v) is 4.88. The number of hydrogen-bond acceptors (Lipinski definition) is 4. The van der Waals surface area contributed by atoms with E-state index in [0.29, 0.717) is 5.69 Å². The van der Waals surface area contributed by atoms with E-state index in [1.54, 1.807) is 13.8 Å². The summed E-state index contributed by atoms with van der Waals surface area (Å²) in [6, 6.07) is 4.41. The van der Waals surface area contributed by atoms with Crippen LogP contribution in [-0.2, 0) is 14.6 Å². The van der Waals surface area contributed by atoms with Gasteiger partial charge in [0.05, 0.1) is 21.8 Å². The third-order valence-electron chi connectivity index (χ3n) is 2.75. The fourth-order valence-electron chi connectivity index (χ4n) is 1.83. The second kappa shape index (κ2) is 3.46. The van der Waals surface area contributed by atoms with Crippen LogP contribution in [0, 0.1) is 5.41 Å². The molecule has 0 radical (unpaired) electrons. The van der Waals surface area contributed by atoms with Crippen LogP contribution in [0.3, 0.4) is 0 Å². The van der Waals surface area contributed by atoms with Crippen molar-refractivity contribution >= 4 is 27.1 Å². The molecule has 0 saturated heterocycles. The molecule has 5 nitrogen and oxygen atoms in total. The Bertz CT molecular complexity index is 591. The molecular formula is C11H14N2O3S. The minimum atomic E-state index is -3.47. The van der Waals surface area contributed by atoms with Crippen LogP contribution in [0.25, 0.3) is 0 Å². The van der Waals surface area contributed by atoms with Gasteiger partial charge in [0.1, 0.15) is 0 Å². The van der Waals surface area contributed by atoms with Crippen molar-refractivity contribution in [2.45, 2.75) is 18.7 Å². The summed E-state index contributed by atoms with van der Waals surface area (Å²) in [6.07, 6.45) is 0. The fourth-order valence-corrected chi connectivity index (χ4v) is 3.78. The predicted octanol–water partition coefficient (Wildman–Crippen LogP) is 1.02. The number of rotatable bonds is 0. The van der Waals surface area contributed by atoms with E-state index in [2.05, 4.69) is 5.32 Å². The molecule has 2 rings (SSSR count). The highest BCUT2D eigenvalue weighted by Crippen LogP contribution is 2.34. The van der Waals surface area contributed by atoms with Crippen LogP contribution in [0.15, 0.2) is 23.1 Å². The smallest absolute Gasteiger partial charge is 0.231 e. The fraction of sp³-hybridized carbons (Fsp3) is 0.364. The second-order valence-electron chi connectivity index (χ2n) is 4.85. The van der Waals surface area contributed by atoms with E-state index in [0.717, 1.165) is 0 Å². The Morgan fingerprint density at radius 2 is 2.00 bits per heavy atom. The van der Waals surface area contributed by atoms with Gasteiger partial charge in [0, 0.05) is 5.69 Å². The number of nitrogens with one attached hydrogen (secondary N) is 1. The van der Waals surface area contributed by atoms with Gasteiger partial charge in [-0.25, -0.2) is 8.42 Å². The Hall–Kier alpha value is -1.56. The highest BCUT2D eigenvalue weighted by molar-refractivity contribution is 7.91. The highest BCUT2D eigenvalue weighted by atomic mass is 32.2. The topological polar surface area (TPSA) is 89.3 Å². The number of hydrogen-bond donors (Lipinski definition) is 2. The molecule has 1 amide bonds. The van der Waals surface area contributed by atoms with Gasteiger partial charge in [0.2, 0.25) is 5.91 Å². The van der Waals surface area contributed by atoms with Crippen LogP contribution in [0.5, 0.6) is 0 Å². The molecule has 1 aromatic rings. The molecule has 0 atom stereocenters. The number of carbonyl (C=O) groups excluding carboxylic acids is 1. The number of fused-ring (bicyclic) bond motifs is 1. The Balaban J connectivity index is 2.68.